The molecule has 1 aromatic rings. The van der Waals surface area contributed by atoms with E-state index >= 15 is 0 Å². The summed E-state index contributed by atoms with van der Waals surface area (Å²) in [6.07, 6.45) is 0.764. The third-order valence-electron chi connectivity index (χ3n) is 1.97. The lowest BCUT2D eigenvalue weighted by atomic mass is 10.3. The molecule has 0 aliphatic carbocycles. The van der Waals surface area contributed by atoms with Gasteiger partial charge in [-0.15, -0.1) is 0 Å². The molecule has 90 valence electrons. The molecule has 0 spiro atoms. The lowest BCUT2D eigenvalue weighted by molar-refractivity contribution is 0.267. The maximum atomic E-state index is 13.2. The fraction of sp³-hybridized carbons (Fsp3) is 0.455. The Kier molecular flexibility index (Phi) is 5.15. The first-order valence-corrected chi connectivity index (χ1v) is 5.72. The molecule has 0 radical (unpaired) electrons. The van der Waals surface area contributed by atoms with Crippen molar-refractivity contribution < 1.29 is 13.5 Å². The fourth-order valence-electron chi connectivity index (χ4n) is 1.20. The average molecular weight is 294 g/mol. The SMILES string of the molecule is CN(C)CCCOc1cc(Br)cc(F)c1F. The Bertz CT molecular complexity index is 358. The summed E-state index contributed by atoms with van der Waals surface area (Å²) in [5, 5.41) is 0. The van der Waals surface area contributed by atoms with E-state index in [2.05, 4.69) is 15.9 Å². The van der Waals surface area contributed by atoms with Crippen LogP contribution in [0.4, 0.5) is 8.78 Å². The Labute approximate surface area is 102 Å². The molecule has 5 heteroatoms. The Morgan fingerprint density at radius 3 is 2.62 bits per heavy atom. The van der Waals surface area contributed by atoms with E-state index in [1.54, 1.807) is 0 Å². The van der Waals surface area contributed by atoms with E-state index in [0.29, 0.717) is 11.1 Å². The molecule has 0 unspecified atom stereocenters. The van der Waals surface area contributed by atoms with Gasteiger partial charge in [-0.3, -0.25) is 0 Å². The van der Waals surface area contributed by atoms with Crippen molar-refractivity contribution in [1.29, 1.82) is 0 Å². The van der Waals surface area contributed by atoms with Crippen molar-refractivity contribution in [2.75, 3.05) is 27.2 Å². The Hall–Kier alpha value is -0.680. The second-order valence-corrected chi connectivity index (χ2v) is 4.62. The van der Waals surface area contributed by atoms with Crippen molar-refractivity contribution in [3.05, 3.63) is 28.2 Å². The molecule has 0 atom stereocenters. The van der Waals surface area contributed by atoms with Gasteiger partial charge in [-0.2, -0.15) is 4.39 Å². The Balaban J connectivity index is 2.53. The highest BCUT2D eigenvalue weighted by atomic mass is 79.9. The van der Waals surface area contributed by atoms with Gasteiger partial charge in [0.1, 0.15) is 0 Å². The van der Waals surface area contributed by atoms with Crippen LogP contribution < -0.4 is 4.74 Å². The van der Waals surface area contributed by atoms with E-state index in [4.69, 9.17) is 4.74 Å². The minimum absolute atomic E-state index is 0.0503. The van der Waals surface area contributed by atoms with Crippen LogP contribution in [0.1, 0.15) is 6.42 Å². The normalized spacial score (nSPS) is 10.9. The van der Waals surface area contributed by atoms with Gasteiger partial charge in [-0.1, -0.05) is 15.9 Å². The molecule has 16 heavy (non-hydrogen) atoms. The van der Waals surface area contributed by atoms with Gasteiger partial charge in [-0.25, -0.2) is 4.39 Å². The van der Waals surface area contributed by atoms with Crippen molar-refractivity contribution in [3.63, 3.8) is 0 Å². The summed E-state index contributed by atoms with van der Waals surface area (Å²) in [4.78, 5) is 2.00. The van der Waals surface area contributed by atoms with Gasteiger partial charge in [-0.05, 0) is 32.6 Å². The summed E-state index contributed by atoms with van der Waals surface area (Å²) < 4.78 is 31.9. The largest absolute Gasteiger partial charge is 0.490 e. The van der Waals surface area contributed by atoms with E-state index in [1.165, 1.54) is 6.07 Å². The molecular weight excluding hydrogens is 280 g/mol. The molecule has 1 aromatic carbocycles. The highest BCUT2D eigenvalue weighted by Gasteiger charge is 2.10. The summed E-state index contributed by atoms with van der Waals surface area (Å²) in [5.74, 6) is -1.89. The Morgan fingerprint density at radius 1 is 1.31 bits per heavy atom. The van der Waals surface area contributed by atoms with Crippen LogP contribution >= 0.6 is 15.9 Å². The molecule has 2 nitrogen and oxygen atoms in total. The molecule has 0 fully saturated rings. The quantitative estimate of drug-likeness (QED) is 0.611. The van der Waals surface area contributed by atoms with Gasteiger partial charge in [0.25, 0.3) is 0 Å². The number of halogens is 3. The van der Waals surface area contributed by atoms with Crippen molar-refractivity contribution in [2.45, 2.75) is 6.42 Å². The summed E-state index contributed by atoms with van der Waals surface area (Å²) >= 11 is 3.08. The van der Waals surface area contributed by atoms with Crippen LogP contribution in [0, 0.1) is 11.6 Å². The van der Waals surface area contributed by atoms with Gasteiger partial charge in [0.15, 0.2) is 11.6 Å². The zero-order chi connectivity index (χ0) is 12.1. The zero-order valence-corrected chi connectivity index (χ0v) is 10.9. The number of nitrogens with zero attached hydrogens (tertiary/aromatic N) is 1. The van der Waals surface area contributed by atoms with E-state index in [-0.39, 0.29) is 5.75 Å². The molecule has 0 amide bonds. The van der Waals surface area contributed by atoms with Gasteiger partial charge < -0.3 is 9.64 Å². The van der Waals surface area contributed by atoms with Crippen LogP contribution in [0.3, 0.4) is 0 Å². The standard InChI is InChI=1S/C11H14BrF2NO/c1-15(2)4-3-5-16-10-7-8(12)6-9(13)11(10)14/h6-7H,3-5H2,1-2H3. The van der Waals surface area contributed by atoms with E-state index in [1.807, 2.05) is 19.0 Å². The third-order valence-corrected chi connectivity index (χ3v) is 2.42. The highest BCUT2D eigenvalue weighted by molar-refractivity contribution is 9.10. The molecule has 0 aliphatic rings. The number of hydrogen-bond acceptors (Lipinski definition) is 2. The lowest BCUT2D eigenvalue weighted by Crippen LogP contribution is -2.15. The Morgan fingerprint density at radius 2 is 2.00 bits per heavy atom. The van der Waals surface area contributed by atoms with Crippen LogP contribution in [0.2, 0.25) is 0 Å². The van der Waals surface area contributed by atoms with Gasteiger partial charge in [0, 0.05) is 11.0 Å². The number of rotatable bonds is 5. The zero-order valence-electron chi connectivity index (χ0n) is 9.27. The van der Waals surface area contributed by atoms with Crippen molar-refractivity contribution >= 4 is 15.9 Å². The second kappa shape index (κ2) is 6.15. The molecule has 0 bridgehead atoms. The summed E-state index contributed by atoms with van der Waals surface area (Å²) in [5.41, 5.74) is 0. The molecule has 1 rings (SSSR count). The third kappa shape index (κ3) is 4.06. The average Bonchev–Trinajstić information content (AvgIpc) is 2.19. The number of hydrogen-bond donors (Lipinski definition) is 0. The molecule has 0 saturated heterocycles. The van der Waals surface area contributed by atoms with Crippen LogP contribution in [0.25, 0.3) is 0 Å². The van der Waals surface area contributed by atoms with Crippen molar-refractivity contribution in [3.8, 4) is 5.75 Å². The summed E-state index contributed by atoms with van der Waals surface area (Å²) in [7, 11) is 3.89. The van der Waals surface area contributed by atoms with Gasteiger partial charge >= 0.3 is 0 Å². The minimum atomic E-state index is -0.937. The first kappa shape index (κ1) is 13.4. The summed E-state index contributed by atoms with van der Waals surface area (Å²) in [6.45, 7) is 1.21. The minimum Gasteiger partial charge on any atom is -0.490 e. The maximum Gasteiger partial charge on any atom is 0.200 e. The highest BCUT2D eigenvalue weighted by Crippen LogP contribution is 2.25. The van der Waals surface area contributed by atoms with Gasteiger partial charge in [0.05, 0.1) is 6.61 Å². The monoisotopic (exact) mass is 293 g/mol. The van der Waals surface area contributed by atoms with E-state index in [0.717, 1.165) is 19.0 Å². The predicted octanol–water partition coefficient (Wildman–Crippen LogP) is 3.06. The molecule has 0 heterocycles. The van der Waals surface area contributed by atoms with Crippen LogP contribution in [-0.2, 0) is 0 Å². The lowest BCUT2D eigenvalue weighted by Gasteiger charge is -2.11. The molecular formula is C11H14BrF2NO. The first-order valence-electron chi connectivity index (χ1n) is 4.93. The van der Waals surface area contributed by atoms with Crippen molar-refractivity contribution in [1.82, 2.24) is 4.90 Å². The van der Waals surface area contributed by atoms with Crippen molar-refractivity contribution in [2.24, 2.45) is 0 Å². The number of ether oxygens (including phenoxy) is 1. The van der Waals surface area contributed by atoms with Gasteiger partial charge in [0.2, 0.25) is 5.82 Å². The first-order chi connectivity index (χ1) is 7.50. The molecule has 0 N–H and O–H groups in total. The predicted molar refractivity (Wildman–Crippen MR) is 62.7 cm³/mol. The van der Waals surface area contributed by atoms with Crippen LogP contribution in [-0.4, -0.2) is 32.1 Å². The molecule has 0 saturated carbocycles. The topological polar surface area (TPSA) is 12.5 Å². The van der Waals surface area contributed by atoms with Crippen LogP contribution in [0.5, 0.6) is 5.75 Å². The summed E-state index contributed by atoms with van der Waals surface area (Å²) in [6, 6.07) is 2.50. The molecule has 0 aliphatic heterocycles. The van der Waals surface area contributed by atoms with E-state index in [9.17, 15) is 8.78 Å². The van der Waals surface area contributed by atoms with Crippen LogP contribution in [0.15, 0.2) is 16.6 Å². The smallest absolute Gasteiger partial charge is 0.200 e. The maximum absolute atomic E-state index is 13.2. The fourth-order valence-corrected chi connectivity index (χ4v) is 1.61. The second-order valence-electron chi connectivity index (χ2n) is 3.71. The van der Waals surface area contributed by atoms with E-state index < -0.39 is 11.6 Å². The number of benzene rings is 1. The molecule has 0 aromatic heterocycles.